The zero-order valence-corrected chi connectivity index (χ0v) is 16.7. The summed E-state index contributed by atoms with van der Waals surface area (Å²) in [6.07, 6.45) is 4.85. The number of nitrogens with zero attached hydrogens (tertiary/aromatic N) is 1. The third-order valence-corrected chi connectivity index (χ3v) is 4.51. The first kappa shape index (κ1) is 19.7. The molecule has 4 nitrogen and oxygen atoms in total. The van der Waals surface area contributed by atoms with E-state index in [1.54, 1.807) is 12.3 Å². The van der Waals surface area contributed by atoms with Gasteiger partial charge in [-0.05, 0) is 37.0 Å². The smallest absolute Gasteiger partial charge is 0.142 e. The predicted molar refractivity (Wildman–Crippen MR) is 113 cm³/mol. The van der Waals surface area contributed by atoms with Crippen molar-refractivity contribution in [3.05, 3.63) is 83.8 Å². The molecule has 0 unspecified atom stereocenters. The molecule has 28 heavy (non-hydrogen) atoms. The van der Waals surface area contributed by atoms with E-state index in [2.05, 4.69) is 36.3 Å². The third-order valence-electron chi connectivity index (χ3n) is 4.51. The van der Waals surface area contributed by atoms with Crippen molar-refractivity contribution in [2.45, 2.75) is 45.8 Å². The van der Waals surface area contributed by atoms with E-state index in [-0.39, 0.29) is 5.76 Å². The molecule has 1 aliphatic heterocycles. The van der Waals surface area contributed by atoms with E-state index >= 15 is 0 Å². The minimum Gasteiger partial charge on any atom is -0.507 e. The zero-order valence-electron chi connectivity index (χ0n) is 16.7. The highest BCUT2D eigenvalue weighted by atomic mass is 16.6. The molecule has 0 atom stereocenters. The fourth-order valence-corrected chi connectivity index (χ4v) is 3.00. The summed E-state index contributed by atoms with van der Waals surface area (Å²) in [5, 5.41) is 14.6. The molecule has 0 saturated heterocycles. The Labute approximate surface area is 166 Å². The minimum atomic E-state index is -0.522. The highest BCUT2D eigenvalue weighted by Crippen LogP contribution is 2.26. The van der Waals surface area contributed by atoms with Gasteiger partial charge in [-0.1, -0.05) is 73.1 Å². The van der Waals surface area contributed by atoms with Gasteiger partial charge in [0.1, 0.15) is 18.0 Å². The lowest BCUT2D eigenvalue weighted by Crippen LogP contribution is -2.25. The highest BCUT2D eigenvalue weighted by molar-refractivity contribution is 6.02. The van der Waals surface area contributed by atoms with Crippen LogP contribution in [0.4, 0.5) is 0 Å². The van der Waals surface area contributed by atoms with Crippen molar-refractivity contribution in [2.75, 3.05) is 0 Å². The summed E-state index contributed by atoms with van der Waals surface area (Å²) in [4.78, 5) is 5.59. The molecular weight excluding hydrogens is 350 g/mol. The lowest BCUT2D eigenvalue weighted by atomic mass is 9.99. The standard InChI is InChI=1S/C24H27NO3/c1-4-8-22(21-17-27-24(2,3)15-23(21)26)25-28-16-18-11-13-20(14-12-18)19-9-6-5-7-10-19/h5-7,9-15,17,26H,4,8,16H2,1-3H3/b25-22+. The molecule has 0 aromatic heterocycles. The van der Waals surface area contributed by atoms with Gasteiger partial charge in [0.25, 0.3) is 0 Å². The van der Waals surface area contributed by atoms with Crippen molar-refractivity contribution in [3.63, 3.8) is 0 Å². The Morgan fingerprint density at radius 3 is 2.36 bits per heavy atom. The van der Waals surface area contributed by atoms with Crippen LogP contribution in [-0.2, 0) is 16.2 Å². The molecule has 3 rings (SSSR count). The largest absolute Gasteiger partial charge is 0.507 e. The van der Waals surface area contributed by atoms with E-state index in [0.717, 1.165) is 12.0 Å². The van der Waals surface area contributed by atoms with E-state index in [9.17, 15) is 5.11 Å². The van der Waals surface area contributed by atoms with Gasteiger partial charge in [0, 0.05) is 6.08 Å². The van der Waals surface area contributed by atoms with Crippen LogP contribution in [0, 0.1) is 0 Å². The Morgan fingerprint density at radius 2 is 1.71 bits per heavy atom. The number of oxime groups is 1. The van der Waals surface area contributed by atoms with Gasteiger partial charge in [-0.3, -0.25) is 0 Å². The molecule has 0 saturated carbocycles. The molecule has 0 bridgehead atoms. The average Bonchev–Trinajstić information content (AvgIpc) is 2.68. The molecule has 0 aliphatic carbocycles. The molecule has 0 fully saturated rings. The van der Waals surface area contributed by atoms with Gasteiger partial charge >= 0.3 is 0 Å². The van der Waals surface area contributed by atoms with Crippen LogP contribution < -0.4 is 0 Å². The zero-order chi connectivity index (χ0) is 20.0. The second-order valence-electron chi connectivity index (χ2n) is 7.41. The van der Waals surface area contributed by atoms with Crippen LogP contribution in [0.3, 0.4) is 0 Å². The summed E-state index contributed by atoms with van der Waals surface area (Å²) < 4.78 is 5.66. The van der Waals surface area contributed by atoms with E-state index in [4.69, 9.17) is 9.57 Å². The monoisotopic (exact) mass is 377 g/mol. The Kier molecular flexibility index (Phi) is 6.19. The van der Waals surface area contributed by atoms with Crippen molar-refractivity contribution in [3.8, 4) is 11.1 Å². The van der Waals surface area contributed by atoms with Crippen molar-refractivity contribution in [1.29, 1.82) is 0 Å². The Balaban J connectivity index is 1.66. The molecule has 1 heterocycles. The van der Waals surface area contributed by atoms with Gasteiger partial charge < -0.3 is 14.7 Å². The maximum atomic E-state index is 10.3. The van der Waals surface area contributed by atoms with Crippen LogP contribution in [0.5, 0.6) is 0 Å². The van der Waals surface area contributed by atoms with E-state index in [1.165, 1.54) is 11.1 Å². The quantitative estimate of drug-likeness (QED) is 0.464. The van der Waals surface area contributed by atoms with Gasteiger partial charge in [-0.2, -0.15) is 0 Å². The summed E-state index contributed by atoms with van der Waals surface area (Å²) in [7, 11) is 0. The molecular formula is C24H27NO3. The first-order valence-corrected chi connectivity index (χ1v) is 9.62. The number of aliphatic hydroxyl groups excluding tert-OH is 1. The average molecular weight is 377 g/mol. The maximum Gasteiger partial charge on any atom is 0.142 e. The molecule has 0 spiro atoms. The lowest BCUT2D eigenvalue weighted by Gasteiger charge is -2.26. The molecule has 2 aromatic rings. The van der Waals surface area contributed by atoms with Gasteiger partial charge in [0.15, 0.2) is 0 Å². The van der Waals surface area contributed by atoms with Crippen molar-refractivity contribution in [1.82, 2.24) is 0 Å². The number of aliphatic hydroxyl groups is 1. The first-order valence-electron chi connectivity index (χ1n) is 9.62. The number of ether oxygens (including phenoxy) is 1. The van der Waals surface area contributed by atoms with Gasteiger partial charge in [0.05, 0.1) is 17.5 Å². The summed E-state index contributed by atoms with van der Waals surface area (Å²) in [6, 6.07) is 18.5. The topological polar surface area (TPSA) is 51.0 Å². The molecule has 0 radical (unpaired) electrons. The van der Waals surface area contributed by atoms with Gasteiger partial charge in [-0.15, -0.1) is 0 Å². The number of hydrogen-bond donors (Lipinski definition) is 1. The van der Waals surface area contributed by atoms with Crippen LogP contribution in [0.15, 0.2) is 83.4 Å². The van der Waals surface area contributed by atoms with Crippen LogP contribution in [0.1, 0.15) is 39.2 Å². The molecule has 4 heteroatoms. The molecule has 1 N–H and O–H groups in total. The lowest BCUT2D eigenvalue weighted by molar-refractivity contribution is 0.0929. The SMILES string of the molecule is CCC/C(=N\OCc1ccc(-c2ccccc2)cc1)C1=COC(C)(C)C=C1O. The predicted octanol–water partition coefficient (Wildman–Crippen LogP) is 6.16. The molecule has 2 aromatic carbocycles. The van der Waals surface area contributed by atoms with Crippen molar-refractivity contribution < 1.29 is 14.7 Å². The third kappa shape index (κ3) is 5.03. The van der Waals surface area contributed by atoms with Crippen molar-refractivity contribution in [2.24, 2.45) is 5.16 Å². The van der Waals surface area contributed by atoms with Crippen LogP contribution in [-0.4, -0.2) is 16.4 Å². The van der Waals surface area contributed by atoms with Gasteiger partial charge in [-0.25, -0.2) is 0 Å². The van der Waals surface area contributed by atoms with E-state index < -0.39 is 5.60 Å². The Morgan fingerprint density at radius 1 is 1.04 bits per heavy atom. The summed E-state index contributed by atoms with van der Waals surface area (Å²) in [5.74, 6) is 0.180. The molecule has 146 valence electrons. The van der Waals surface area contributed by atoms with Crippen LogP contribution in [0.2, 0.25) is 0 Å². The first-order chi connectivity index (χ1) is 13.5. The number of benzene rings is 2. The normalized spacial score (nSPS) is 16.0. The second kappa shape index (κ2) is 8.79. The number of rotatable bonds is 7. The highest BCUT2D eigenvalue weighted by Gasteiger charge is 2.25. The summed E-state index contributed by atoms with van der Waals surface area (Å²) >= 11 is 0. The number of hydrogen-bond acceptors (Lipinski definition) is 4. The Hall–Kier alpha value is -3.01. The maximum absolute atomic E-state index is 10.3. The molecule has 0 amide bonds. The second-order valence-corrected chi connectivity index (χ2v) is 7.41. The fraction of sp³-hybridized carbons (Fsp3) is 0.292. The van der Waals surface area contributed by atoms with E-state index in [1.807, 2.05) is 44.2 Å². The number of allylic oxidation sites excluding steroid dienone is 1. The minimum absolute atomic E-state index is 0.180. The van der Waals surface area contributed by atoms with Crippen LogP contribution in [0.25, 0.3) is 11.1 Å². The van der Waals surface area contributed by atoms with Crippen LogP contribution >= 0.6 is 0 Å². The Bertz CT molecular complexity index is 878. The molecule has 1 aliphatic rings. The fourth-order valence-electron chi connectivity index (χ4n) is 3.00. The summed E-state index contributed by atoms with van der Waals surface area (Å²) in [6.45, 7) is 6.21. The van der Waals surface area contributed by atoms with Gasteiger partial charge in [0.2, 0.25) is 0 Å². The van der Waals surface area contributed by atoms with E-state index in [0.29, 0.717) is 24.3 Å². The van der Waals surface area contributed by atoms with Crippen molar-refractivity contribution >= 4 is 5.71 Å². The summed E-state index contributed by atoms with van der Waals surface area (Å²) in [5.41, 5.74) is 4.14.